The molecule has 0 heterocycles. The Bertz CT molecular complexity index is 1180. The number of methoxy groups -OCH3 is 4. The van der Waals surface area contributed by atoms with Crippen LogP contribution in [0.4, 0.5) is 11.4 Å². The molecule has 0 radical (unpaired) electrons. The monoisotopic (exact) mass is 492 g/mol. The van der Waals surface area contributed by atoms with Gasteiger partial charge in [-0.25, -0.2) is 0 Å². The average molecular weight is 493 g/mol. The van der Waals surface area contributed by atoms with Crippen molar-refractivity contribution in [3.63, 3.8) is 0 Å². The highest BCUT2D eigenvalue weighted by Gasteiger charge is 2.12. The summed E-state index contributed by atoms with van der Waals surface area (Å²) in [4.78, 5) is 12.2. The average Bonchev–Trinajstić information content (AvgIpc) is 2.90. The molecule has 190 valence electrons. The number of anilines is 2. The van der Waals surface area contributed by atoms with Gasteiger partial charge in [-0.05, 0) is 53.9 Å². The normalized spacial score (nSPS) is 10.7. The van der Waals surface area contributed by atoms with Gasteiger partial charge in [-0.3, -0.25) is 4.79 Å². The predicted molar refractivity (Wildman–Crippen MR) is 142 cm³/mol. The molecule has 3 aromatic rings. The highest BCUT2D eigenvalue weighted by molar-refractivity contribution is 5.93. The number of nitrogen functional groups attached to an aromatic ring is 1. The maximum absolute atomic E-state index is 12.2. The number of carbonyl (C=O) groups excluding carboxylic acids is 1. The number of hydrogen-bond donors (Lipinski definition) is 2. The Morgan fingerprint density at radius 2 is 1.44 bits per heavy atom. The summed E-state index contributed by atoms with van der Waals surface area (Å²) >= 11 is 0. The molecular formula is C28H32N2O6. The van der Waals surface area contributed by atoms with Crippen molar-refractivity contribution in [3.8, 4) is 28.7 Å². The Morgan fingerprint density at radius 3 is 2.08 bits per heavy atom. The molecule has 0 saturated heterocycles. The second kappa shape index (κ2) is 12.9. The third kappa shape index (κ3) is 6.85. The molecule has 3 aromatic carbocycles. The van der Waals surface area contributed by atoms with E-state index in [0.717, 1.165) is 11.1 Å². The zero-order valence-corrected chi connectivity index (χ0v) is 21.0. The number of carbonyl (C=O) groups is 1. The first-order chi connectivity index (χ1) is 17.5. The van der Waals surface area contributed by atoms with Crippen molar-refractivity contribution in [1.82, 2.24) is 0 Å². The van der Waals surface area contributed by atoms with Gasteiger partial charge in [-0.1, -0.05) is 30.4 Å². The molecule has 8 heteroatoms. The molecular weight excluding hydrogens is 460 g/mol. The van der Waals surface area contributed by atoms with Crippen LogP contribution in [0.2, 0.25) is 0 Å². The molecule has 0 spiro atoms. The van der Waals surface area contributed by atoms with Crippen LogP contribution in [0.25, 0.3) is 12.2 Å². The first-order valence-corrected chi connectivity index (χ1v) is 11.4. The number of rotatable bonds is 12. The number of amides is 1. The highest BCUT2D eigenvalue weighted by atomic mass is 16.5. The molecule has 3 N–H and O–H groups in total. The number of nitrogens with two attached hydrogens (primary N) is 1. The smallest absolute Gasteiger partial charge is 0.224 e. The molecule has 3 rings (SSSR count). The van der Waals surface area contributed by atoms with Gasteiger partial charge in [-0.15, -0.1) is 0 Å². The molecule has 1 amide bonds. The second-order valence-electron chi connectivity index (χ2n) is 7.79. The topological polar surface area (TPSA) is 101 Å². The van der Waals surface area contributed by atoms with E-state index in [2.05, 4.69) is 5.32 Å². The Balaban J connectivity index is 1.63. The molecule has 36 heavy (non-hydrogen) atoms. The van der Waals surface area contributed by atoms with Gasteiger partial charge in [0.25, 0.3) is 0 Å². The van der Waals surface area contributed by atoms with E-state index in [9.17, 15) is 4.79 Å². The molecule has 0 aromatic heterocycles. The quantitative estimate of drug-likeness (QED) is 0.202. The molecule has 0 saturated carbocycles. The zero-order chi connectivity index (χ0) is 25.9. The summed E-state index contributed by atoms with van der Waals surface area (Å²) in [6, 6.07) is 16.6. The summed E-state index contributed by atoms with van der Waals surface area (Å²) in [6.07, 6.45) is 4.73. The van der Waals surface area contributed by atoms with E-state index < -0.39 is 0 Å². The third-order valence-corrected chi connectivity index (χ3v) is 5.38. The Hall–Kier alpha value is -4.33. The summed E-state index contributed by atoms with van der Waals surface area (Å²) < 4.78 is 27.6. The maximum Gasteiger partial charge on any atom is 0.224 e. The number of para-hydroxylation sites is 2. The van der Waals surface area contributed by atoms with Gasteiger partial charge in [0.2, 0.25) is 11.7 Å². The van der Waals surface area contributed by atoms with Crippen molar-refractivity contribution < 1.29 is 28.5 Å². The van der Waals surface area contributed by atoms with Crippen LogP contribution in [-0.4, -0.2) is 41.0 Å². The van der Waals surface area contributed by atoms with E-state index in [1.165, 1.54) is 0 Å². The van der Waals surface area contributed by atoms with Gasteiger partial charge in [0.1, 0.15) is 0 Å². The zero-order valence-electron chi connectivity index (χ0n) is 21.0. The molecule has 0 fully saturated rings. The van der Waals surface area contributed by atoms with Crippen molar-refractivity contribution in [2.24, 2.45) is 0 Å². The summed E-state index contributed by atoms with van der Waals surface area (Å²) in [7, 11) is 6.32. The first kappa shape index (κ1) is 26.3. The fourth-order valence-corrected chi connectivity index (χ4v) is 3.54. The SMILES string of the molecule is COc1ccc(/C=C\c2cc(OC)c(OC)c(OC)c2)cc1OCCCC(=O)Nc1ccccc1N. The number of hydrogen-bond acceptors (Lipinski definition) is 7. The largest absolute Gasteiger partial charge is 0.493 e. The molecule has 8 nitrogen and oxygen atoms in total. The summed E-state index contributed by atoms with van der Waals surface area (Å²) in [5.41, 5.74) is 8.81. The lowest BCUT2D eigenvalue weighted by atomic mass is 10.1. The lowest BCUT2D eigenvalue weighted by Gasteiger charge is -2.13. The minimum absolute atomic E-state index is 0.120. The number of ether oxygens (including phenoxy) is 5. The fraction of sp³-hybridized carbons (Fsp3) is 0.250. The van der Waals surface area contributed by atoms with Gasteiger partial charge in [0.15, 0.2) is 23.0 Å². The second-order valence-corrected chi connectivity index (χ2v) is 7.79. The van der Waals surface area contributed by atoms with E-state index >= 15 is 0 Å². The highest BCUT2D eigenvalue weighted by Crippen LogP contribution is 2.38. The van der Waals surface area contributed by atoms with Crippen LogP contribution in [-0.2, 0) is 4.79 Å². The van der Waals surface area contributed by atoms with Crippen molar-refractivity contribution in [1.29, 1.82) is 0 Å². The molecule has 0 aliphatic rings. The van der Waals surface area contributed by atoms with Crippen LogP contribution < -0.4 is 34.7 Å². The van der Waals surface area contributed by atoms with Crippen molar-refractivity contribution >= 4 is 29.4 Å². The summed E-state index contributed by atoms with van der Waals surface area (Å²) in [6.45, 7) is 0.355. The van der Waals surface area contributed by atoms with Crippen LogP contribution in [0.1, 0.15) is 24.0 Å². The van der Waals surface area contributed by atoms with E-state index in [0.29, 0.717) is 59.6 Å². The van der Waals surface area contributed by atoms with E-state index in [1.807, 2.05) is 54.6 Å². The van der Waals surface area contributed by atoms with Gasteiger partial charge < -0.3 is 34.7 Å². The maximum atomic E-state index is 12.2. The Morgan fingerprint density at radius 1 is 0.806 bits per heavy atom. The van der Waals surface area contributed by atoms with Crippen LogP contribution in [0.3, 0.4) is 0 Å². The van der Waals surface area contributed by atoms with E-state index in [-0.39, 0.29) is 5.91 Å². The van der Waals surface area contributed by atoms with E-state index in [4.69, 9.17) is 29.4 Å². The van der Waals surface area contributed by atoms with Crippen molar-refractivity contribution in [2.75, 3.05) is 46.1 Å². The van der Waals surface area contributed by atoms with Gasteiger partial charge in [0.05, 0.1) is 46.4 Å². The van der Waals surface area contributed by atoms with Gasteiger partial charge in [0, 0.05) is 6.42 Å². The minimum Gasteiger partial charge on any atom is -0.493 e. The predicted octanol–water partition coefficient (Wildman–Crippen LogP) is 5.27. The van der Waals surface area contributed by atoms with Crippen LogP contribution in [0.15, 0.2) is 54.6 Å². The number of benzene rings is 3. The van der Waals surface area contributed by atoms with Gasteiger partial charge >= 0.3 is 0 Å². The molecule has 0 bridgehead atoms. The van der Waals surface area contributed by atoms with Crippen molar-refractivity contribution in [2.45, 2.75) is 12.8 Å². The Kier molecular flexibility index (Phi) is 9.45. The molecule has 0 unspecified atom stereocenters. The molecule has 0 aliphatic carbocycles. The number of nitrogens with one attached hydrogen (secondary N) is 1. The summed E-state index contributed by atoms with van der Waals surface area (Å²) in [5, 5.41) is 2.82. The standard InChI is InChI=1S/C28H32N2O6/c1-32-23-14-13-19(11-12-20-17-25(33-2)28(35-4)26(18-20)34-3)16-24(23)36-15-7-10-27(31)30-22-9-6-5-8-21(22)29/h5-6,8-9,11-14,16-18H,7,10,15,29H2,1-4H3,(H,30,31)/b12-11-. The molecule has 0 atom stereocenters. The summed E-state index contributed by atoms with van der Waals surface area (Å²) in [5.74, 6) is 2.78. The van der Waals surface area contributed by atoms with Crippen molar-refractivity contribution in [3.05, 3.63) is 65.7 Å². The fourth-order valence-electron chi connectivity index (χ4n) is 3.54. The lowest BCUT2D eigenvalue weighted by molar-refractivity contribution is -0.116. The third-order valence-electron chi connectivity index (χ3n) is 5.38. The minimum atomic E-state index is -0.120. The van der Waals surface area contributed by atoms with Crippen LogP contribution >= 0.6 is 0 Å². The Labute approximate surface area is 211 Å². The lowest BCUT2D eigenvalue weighted by Crippen LogP contribution is -2.14. The molecule has 0 aliphatic heterocycles. The first-order valence-electron chi connectivity index (χ1n) is 11.4. The van der Waals surface area contributed by atoms with Gasteiger partial charge in [-0.2, -0.15) is 0 Å². The van der Waals surface area contributed by atoms with Crippen LogP contribution in [0.5, 0.6) is 28.7 Å². The van der Waals surface area contributed by atoms with E-state index in [1.54, 1.807) is 40.6 Å². The van der Waals surface area contributed by atoms with Crippen LogP contribution in [0, 0.1) is 0 Å².